The van der Waals surface area contributed by atoms with Crippen LogP contribution in [-0.4, -0.2) is 28.5 Å². The Balaban J connectivity index is 2.03. The van der Waals surface area contributed by atoms with E-state index in [1.165, 1.54) is 0 Å². The molecule has 2 saturated heterocycles. The summed E-state index contributed by atoms with van der Waals surface area (Å²) in [6.45, 7) is 2.72. The van der Waals surface area contributed by atoms with Crippen LogP contribution in [0, 0.1) is 5.92 Å². The van der Waals surface area contributed by atoms with E-state index in [1.54, 1.807) is 0 Å². The maximum atomic E-state index is 12.1. The predicted octanol–water partition coefficient (Wildman–Crippen LogP) is 1.90. The fraction of sp³-hybridized carbons (Fsp3) is 0.533. The molecule has 0 aliphatic carbocycles. The van der Waals surface area contributed by atoms with Crippen LogP contribution in [0.15, 0.2) is 30.3 Å². The van der Waals surface area contributed by atoms with Gasteiger partial charge in [-0.2, -0.15) is 0 Å². The molecule has 0 saturated carbocycles. The number of hydrogen-bond donors (Lipinski definition) is 1. The van der Waals surface area contributed by atoms with Crippen LogP contribution in [0.3, 0.4) is 0 Å². The first kappa shape index (κ1) is 11.7. The van der Waals surface area contributed by atoms with E-state index in [0.29, 0.717) is 6.42 Å². The van der Waals surface area contributed by atoms with E-state index in [4.69, 9.17) is 0 Å². The Hall–Kier alpha value is -1.35. The van der Waals surface area contributed by atoms with Gasteiger partial charge in [0.15, 0.2) is 0 Å². The third-order valence-electron chi connectivity index (χ3n) is 4.40. The lowest BCUT2D eigenvalue weighted by atomic mass is 9.75. The highest BCUT2D eigenvalue weighted by atomic mass is 16.3. The van der Waals surface area contributed by atoms with E-state index in [-0.39, 0.29) is 17.9 Å². The molecule has 18 heavy (non-hydrogen) atoms. The summed E-state index contributed by atoms with van der Waals surface area (Å²) in [4.78, 5) is 14.0. The van der Waals surface area contributed by atoms with E-state index in [1.807, 2.05) is 42.2 Å². The van der Waals surface area contributed by atoms with Crippen molar-refractivity contribution in [1.29, 1.82) is 0 Å². The molecule has 1 amide bonds. The summed E-state index contributed by atoms with van der Waals surface area (Å²) in [6.07, 6.45) is 2.44. The molecule has 0 unspecified atom stereocenters. The highest BCUT2D eigenvalue weighted by Crippen LogP contribution is 2.43. The Morgan fingerprint density at radius 3 is 2.78 bits per heavy atom. The number of benzene rings is 1. The van der Waals surface area contributed by atoms with Gasteiger partial charge in [-0.15, -0.1) is 0 Å². The van der Waals surface area contributed by atoms with Crippen molar-refractivity contribution in [2.24, 2.45) is 5.92 Å². The van der Waals surface area contributed by atoms with Crippen molar-refractivity contribution in [3.8, 4) is 0 Å². The maximum Gasteiger partial charge on any atom is 0.225 e. The zero-order valence-corrected chi connectivity index (χ0v) is 10.7. The van der Waals surface area contributed by atoms with Crippen molar-refractivity contribution in [3.63, 3.8) is 0 Å². The lowest BCUT2D eigenvalue weighted by Crippen LogP contribution is -2.57. The zero-order valence-electron chi connectivity index (χ0n) is 10.7. The smallest absolute Gasteiger partial charge is 0.225 e. The molecule has 3 rings (SSSR count). The molecule has 0 spiro atoms. The van der Waals surface area contributed by atoms with Crippen LogP contribution >= 0.6 is 0 Å². The minimum Gasteiger partial charge on any atom is -0.383 e. The van der Waals surface area contributed by atoms with E-state index in [9.17, 15) is 9.90 Å². The van der Waals surface area contributed by atoms with Crippen LogP contribution in [0.5, 0.6) is 0 Å². The van der Waals surface area contributed by atoms with Gasteiger partial charge >= 0.3 is 0 Å². The number of amides is 1. The number of fused-ring (bicyclic) bond motifs is 1. The van der Waals surface area contributed by atoms with Crippen molar-refractivity contribution >= 4 is 5.91 Å². The number of piperidine rings is 1. The van der Waals surface area contributed by atoms with Crippen LogP contribution in [0.25, 0.3) is 0 Å². The van der Waals surface area contributed by atoms with E-state index >= 15 is 0 Å². The van der Waals surface area contributed by atoms with Crippen LogP contribution in [0.2, 0.25) is 0 Å². The van der Waals surface area contributed by atoms with Crippen LogP contribution < -0.4 is 0 Å². The molecule has 3 atom stereocenters. The average molecular weight is 245 g/mol. The molecule has 96 valence electrons. The SMILES string of the molecule is C[C@H]1C[C@@](O)(c2ccccc2)[C@H]2CCCN2C1=O. The fourth-order valence-electron chi connectivity index (χ4n) is 3.54. The van der Waals surface area contributed by atoms with Crippen molar-refractivity contribution in [1.82, 2.24) is 4.90 Å². The summed E-state index contributed by atoms with van der Waals surface area (Å²) in [5, 5.41) is 11.1. The molecule has 0 aromatic heterocycles. The van der Waals surface area contributed by atoms with Gasteiger partial charge in [-0.3, -0.25) is 4.79 Å². The third-order valence-corrected chi connectivity index (χ3v) is 4.40. The molecule has 2 heterocycles. The molecule has 2 fully saturated rings. The summed E-state index contributed by atoms with van der Waals surface area (Å²) >= 11 is 0. The normalized spacial score (nSPS) is 35.7. The lowest BCUT2D eigenvalue weighted by molar-refractivity contribution is -0.157. The number of hydrogen-bond acceptors (Lipinski definition) is 2. The molecule has 1 aromatic carbocycles. The molecule has 3 nitrogen and oxygen atoms in total. The Morgan fingerprint density at radius 2 is 2.06 bits per heavy atom. The minimum atomic E-state index is -0.870. The number of nitrogens with zero attached hydrogens (tertiary/aromatic N) is 1. The second-order valence-electron chi connectivity index (χ2n) is 5.59. The maximum absolute atomic E-state index is 12.1. The molecule has 1 N–H and O–H groups in total. The molecule has 2 aliphatic rings. The van der Waals surface area contributed by atoms with Gasteiger partial charge in [-0.05, 0) is 24.8 Å². The monoisotopic (exact) mass is 245 g/mol. The standard InChI is InChI=1S/C15H19NO2/c1-11-10-15(18,12-6-3-2-4-7-12)13-8-5-9-16(13)14(11)17/h2-4,6-7,11,13,18H,5,8-10H2,1H3/t11-,13+,15+/m0/s1. The molecule has 1 aromatic rings. The highest BCUT2D eigenvalue weighted by Gasteiger charge is 2.51. The zero-order chi connectivity index (χ0) is 12.8. The van der Waals surface area contributed by atoms with E-state index < -0.39 is 5.60 Å². The Kier molecular flexibility index (Phi) is 2.67. The van der Waals surface area contributed by atoms with Gasteiger partial charge in [0.2, 0.25) is 5.91 Å². The largest absolute Gasteiger partial charge is 0.383 e. The lowest BCUT2D eigenvalue weighted by Gasteiger charge is -2.46. The first-order chi connectivity index (χ1) is 8.63. The highest BCUT2D eigenvalue weighted by molar-refractivity contribution is 5.80. The first-order valence-electron chi connectivity index (χ1n) is 6.71. The quantitative estimate of drug-likeness (QED) is 0.821. The molecular weight excluding hydrogens is 226 g/mol. The summed E-state index contributed by atoms with van der Waals surface area (Å²) in [7, 11) is 0. The van der Waals surface area contributed by atoms with E-state index in [2.05, 4.69) is 0 Å². The molecule has 0 bridgehead atoms. The molecule has 2 aliphatic heterocycles. The summed E-state index contributed by atoms with van der Waals surface area (Å²) in [5.41, 5.74) is 0.0756. The third kappa shape index (κ3) is 1.57. The van der Waals surface area contributed by atoms with Gasteiger partial charge in [0.1, 0.15) is 5.60 Å². The van der Waals surface area contributed by atoms with E-state index in [0.717, 1.165) is 24.9 Å². The second-order valence-corrected chi connectivity index (χ2v) is 5.59. The molecule has 3 heteroatoms. The fourth-order valence-corrected chi connectivity index (χ4v) is 3.54. The Morgan fingerprint density at radius 1 is 1.33 bits per heavy atom. The number of carbonyl (C=O) groups is 1. The van der Waals surface area contributed by atoms with Gasteiger partial charge in [-0.25, -0.2) is 0 Å². The Bertz CT molecular complexity index is 459. The first-order valence-corrected chi connectivity index (χ1v) is 6.71. The summed E-state index contributed by atoms with van der Waals surface area (Å²) in [6, 6.07) is 9.76. The molecular formula is C15H19NO2. The number of rotatable bonds is 1. The van der Waals surface area contributed by atoms with Crippen LogP contribution in [-0.2, 0) is 10.4 Å². The topological polar surface area (TPSA) is 40.5 Å². The average Bonchev–Trinajstić information content (AvgIpc) is 2.87. The van der Waals surface area contributed by atoms with Crippen molar-refractivity contribution in [2.45, 2.75) is 37.8 Å². The Labute approximate surface area is 107 Å². The molecule has 0 radical (unpaired) electrons. The predicted molar refractivity (Wildman–Crippen MR) is 68.9 cm³/mol. The second kappa shape index (κ2) is 4.09. The van der Waals surface area contributed by atoms with Crippen LogP contribution in [0.4, 0.5) is 0 Å². The minimum absolute atomic E-state index is 0.0383. The van der Waals surface area contributed by atoms with Gasteiger partial charge in [-0.1, -0.05) is 37.3 Å². The van der Waals surface area contributed by atoms with Crippen molar-refractivity contribution in [2.75, 3.05) is 6.54 Å². The summed E-state index contributed by atoms with van der Waals surface area (Å²) in [5.74, 6) is 0.114. The summed E-state index contributed by atoms with van der Waals surface area (Å²) < 4.78 is 0. The van der Waals surface area contributed by atoms with Gasteiger partial charge in [0.05, 0.1) is 6.04 Å². The number of carbonyl (C=O) groups excluding carboxylic acids is 1. The van der Waals surface area contributed by atoms with Crippen molar-refractivity contribution < 1.29 is 9.90 Å². The van der Waals surface area contributed by atoms with Crippen LogP contribution in [0.1, 0.15) is 31.7 Å². The van der Waals surface area contributed by atoms with Gasteiger partial charge < -0.3 is 10.0 Å². The van der Waals surface area contributed by atoms with Crippen molar-refractivity contribution in [3.05, 3.63) is 35.9 Å². The number of aliphatic hydroxyl groups is 1. The van der Waals surface area contributed by atoms with Gasteiger partial charge in [0, 0.05) is 12.5 Å². The van der Waals surface area contributed by atoms with Gasteiger partial charge in [0.25, 0.3) is 0 Å².